The molecule has 1 amide bonds. The van der Waals surface area contributed by atoms with Gasteiger partial charge in [0.1, 0.15) is 11.3 Å². The minimum atomic E-state index is -0.498. The van der Waals surface area contributed by atoms with Crippen LogP contribution in [0.2, 0.25) is 0 Å². The molecule has 1 aliphatic heterocycles. The standard InChI is InChI=1S/C25H36N4O4/c1-17-21(29(31)32)20(18-7-5-6-8-19(18)28-17)26-15-24-9-12-25(13-10-24,14-11-24)16-27-22(30)33-23(2,3)4/h5-6,8,18,28H,7,9-16H2,1-4H3,(H,27,30). The lowest BCUT2D eigenvalue weighted by molar-refractivity contribution is -0.417. The molecule has 0 spiro atoms. The fraction of sp³-hybridized carbons (Fsp3) is 0.680. The third kappa shape index (κ3) is 4.99. The first-order chi connectivity index (χ1) is 15.5. The average Bonchev–Trinajstić information content (AvgIpc) is 2.76. The van der Waals surface area contributed by atoms with E-state index >= 15 is 0 Å². The molecule has 1 unspecified atom stereocenters. The lowest BCUT2D eigenvalue weighted by atomic mass is 9.53. The van der Waals surface area contributed by atoms with Crippen LogP contribution in [0, 0.1) is 26.9 Å². The van der Waals surface area contributed by atoms with Crippen LogP contribution in [-0.2, 0) is 4.74 Å². The summed E-state index contributed by atoms with van der Waals surface area (Å²) in [6, 6.07) is 0. The Morgan fingerprint density at radius 3 is 2.48 bits per heavy atom. The first-order valence-corrected chi connectivity index (χ1v) is 12.0. The highest BCUT2D eigenvalue weighted by Gasteiger charge is 2.49. The van der Waals surface area contributed by atoms with E-state index in [9.17, 15) is 14.9 Å². The molecule has 33 heavy (non-hydrogen) atoms. The molecular formula is C25H36N4O4. The van der Waals surface area contributed by atoms with Crippen molar-refractivity contribution in [2.75, 3.05) is 13.1 Å². The summed E-state index contributed by atoms with van der Waals surface area (Å²) >= 11 is 0. The van der Waals surface area contributed by atoms with Gasteiger partial charge in [0, 0.05) is 18.8 Å². The molecule has 2 bridgehead atoms. The maximum absolute atomic E-state index is 12.1. The molecule has 0 saturated heterocycles. The monoisotopic (exact) mass is 456 g/mol. The topological polar surface area (TPSA) is 106 Å². The summed E-state index contributed by atoms with van der Waals surface area (Å²) < 4.78 is 5.40. The van der Waals surface area contributed by atoms with Gasteiger partial charge in [-0.1, -0.05) is 12.2 Å². The maximum atomic E-state index is 12.1. The zero-order valence-electron chi connectivity index (χ0n) is 20.2. The van der Waals surface area contributed by atoms with Crippen molar-refractivity contribution in [3.63, 3.8) is 0 Å². The van der Waals surface area contributed by atoms with Crippen molar-refractivity contribution in [1.82, 2.24) is 10.6 Å². The number of nitrogens with one attached hydrogen (secondary N) is 2. The third-order valence-corrected chi connectivity index (χ3v) is 7.75. The number of carbonyl (C=O) groups excluding carboxylic acids is 1. The van der Waals surface area contributed by atoms with Crippen LogP contribution in [-0.4, -0.2) is 35.4 Å². The van der Waals surface area contributed by atoms with Crippen molar-refractivity contribution in [3.8, 4) is 0 Å². The Morgan fingerprint density at radius 2 is 1.88 bits per heavy atom. The van der Waals surface area contributed by atoms with Gasteiger partial charge in [-0.25, -0.2) is 4.79 Å². The van der Waals surface area contributed by atoms with Crippen LogP contribution in [0.4, 0.5) is 4.79 Å². The fourth-order valence-electron chi connectivity index (χ4n) is 5.74. The van der Waals surface area contributed by atoms with E-state index in [1.807, 2.05) is 32.9 Å². The van der Waals surface area contributed by atoms with Gasteiger partial charge in [-0.3, -0.25) is 15.1 Å². The largest absolute Gasteiger partial charge is 0.444 e. The van der Waals surface area contributed by atoms with Gasteiger partial charge in [0.2, 0.25) is 0 Å². The van der Waals surface area contributed by atoms with E-state index in [4.69, 9.17) is 9.73 Å². The Bertz CT molecular complexity index is 929. The maximum Gasteiger partial charge on any atom is 0.407 e. The van der Waals surface area contributed by atoms with Crippen molar-refractivity contribution in [2.45, 2.75) is 78.2 Å². The lowest BCUT2D eigenvalue weighted by Gasteiger charge is -2.53. The molecule has 5 aliphatic rings. The number of hydrogen-bond acceptors (Lipinski definition) is 6. The summed E-state index contributed by atoms with van der Waals surface area (Å²) in [5, 5.41) is 18.1. The molecule has 0 aromatic heterocycles. The summed E-state index contributed by atoms with van der Waals surface area (Å²) in [5.74, 6) is -0.0696. The van der Waals surface area contributed by atoms with Crippen molar-refractivity contribution < 1.29 is 14.5 Å². The number of carbonyl (C=O) groups is 1. The number of hydrogen-bond donors (Lipinski definition) is 2. The summed E-state index contributed by atoms with van der Waals surface area (Å²) in [6.07, 6.45) is 12.7. The fourth-order valence-corrected chi connectivity index (χ4v) is 5.74. The summed E-state index contributed by atoms with van der Waals surface area (Å²) in [6.45, 7) is 8.65. The van der Waals surface area contributed by atoms with Gasteiger partial charge in [0.05, 0.1) is 16.5 Å². The van der Waals surface area contributed by atoms with Crippen LogP contribution in [0.5, 0.6) is 0 Å². The number of alkyl carbamates (subject to hydrolysis) is 1. The minimum Gasteiger partial charge on any atom is -0.444 e. The van der Waals surface area contributed by atoms with Crippen LogP contribution in [0.1, 0.15) is 72.6 Å². The number of amides is 1. The van der Waals surface area contributed by atoms with Crippen molar-refractivity contribution in [1.29, 1.82) is 0 Å². The Hall–Kier alpha value is -2.64. The first kappa shape index (κ1) is 23.5. The van der Waals surface area contributed by atoms with Crippen molar-refractivity contribution >= 4 is 11.8 Å². The Kier molecular flexibility index (Phi) is 6.14. The average molecular weight is 457 g/mol. The van der Waals surface area contributed by atoms with E-state index < -0.39 is 5.60 Å². The van der Waals surface area contributed by atoms with Gasteiger partial charge in [0.25, 0.3) is 0 Å². The van der Waals surface area contributed by atoms with Crippen LogP contribution in [0.3, 0.4) is 0 Å². The van der Waals surface area contributed by atoms with E-state index in [0.717, 1.165) is 50.6 Å². The zero-order chi connectivity index (χ0) is 23.9. The van der Waals surface area contributed by atoms with Crippen LogP contribution >= 0.6 is 0 Å². The molecular weight excluding hydrogens is 420 g/mol. The Balaban J connectivity index is 1.43. The predicted molar refractivity (Wildman–Crippen MR) is 127 cm³/mol. The molecule has 0 aromatic carbocycles. The lowest BCUT2D eigenvalue weighted by Crippen LogP contribution is -2.49. The minimum absolute atomic E-state index is 0.0696. The van der Waals surface area contributed by atoms with Crippen LogP contribution < -0.4 is 10.6 Å². The number of nitro groups is 1. The van der Waals surface area contributed by atoms with Crippen LogP contribution in [0.25, 0.3) is 0 Å². The van der Waals surface area contributed by atoms with E-state index in [1.165, 1.54) is 0 Å². The molecule has 1 atom stereocenters. The van der Waals surface area contributed by atoms with Crippen molar-refractivity contribution in [2.24, 2.45) is 21.7 Å². The second-order valence-corrected chi connectivity index (χ2v) is 11.3. The highest BCUT2D eigenvalue weighted by atomic mass is 16.6. The molecule has 180 valence electrons. The molecule has 4 aliphatic carbocycles. The van der Waals surface area contributed by atoms with Gasteiger partial charge in [-0.05, 0) is 89.5 Å². The normalized spacial score (nSPS) is 32.2. The molecule has 3 fully saturated rings. The van der Waals surface area contributed by atoms with Crippen LogP contribution in [0.15, 0.2) is 40.3 Å². The van der Waals surface area contributed by atoms with E-state index in [-0.39, 0.29) is 33.5 Å². The summed E-state index contributed by atoms with van der Waals surface area (Å²) in [4.78, 5) is 28.6. The predicted octanol–water partition coefficient (Wildman–Crippen LogP) is 4.86. The third-order valence-electron chi connectivity index (χ3n) is 7.75. The first-order valence-electron chi connectivity index (χ1n) is 12.0. The number of rotatable bonds is 5. The SMILES string of the molecule is CC1=C([N+](=O)[O-])C(=NCC23CCC(CNC(=O)OC(C)(C)C)(CC2)CC3)C2CC=CC=C2N1. The summed E-state index contributed by atoms with van der Waals surface area (Å²) in [7, 11) is 0. The van der Waals surface area contributed by atoms with Gasteiger partial charge < -0.3 is 15.4 Å². The Labute approximate surface area is 195 Å². The zero-order valence-corrected chi connectivity index (χ0v) is 20.2. The second kappa shape index (κ2) is 8.61. The highest BCUT2D eigenvalue weighted by Crippen LogP contribution is 2.56. The molecule has 0 aromatic rings. The van der Waals surface area contributed by atoms with E-state index in [1.54, 1.807) is 6.92 Å². The number of fused-ring (bicyclic) bond motifs is 4. The van der Waals surface area contributed by atoms with Gasteiger partial charge in [0.15, 0.2) is 0 Å². The molecule has 8 heteroatoms. The van der Waals surface area contributed by atoms with Crippen molar-refractivity contribution in [3.05, 3.63) is 45.4 Å². The molecule has 0 radical (unpaired) electrons. The molecule has 8 nitrogen and oxygen atoms in total. The Morgan fingerprint density at radius 1 is 1.24 bits per heavy atom. The second-order valence-electron chi connectivity index (χ2n) is 11.3. The van der Waals surface area contributed by atoms with Gasteiger partial charge >= 0.3 is 11.8 Å². The van der Waals surface area contributed by atoms with Gasteiger partial charge in [-0.2, -0.15) is 0 Å². The smallest absolute Gasteiger partial charge is 0.407 e. The van der Waals surface area contributed by atoms with E-state index in [0.29, 0.717) is 24.5 Å². The number of aliphatic imine (C=N–C) groups is 1. The molecule has 5 rings (SSSR count). The van der Waals surface area contributed by atoms with Gasteiger partial charge in [-0.15, -0.1) is 0 Å². The molecule has 3 saturated carbocycles. The summed E-state index contributed by atoms with van der Waals surface area (Å²) in [5.41, 5.74) is 2.05. The number of ether oxygens (including phenoxy) is 1. The molecule has 2 N–H and O–H groups in total. The highest BCUT2D eigenvalue weighted by molar-refractivity contribution is 6.03. The molecule has 1 heterocycles. The quantitative estimate of drug-likeness (QED) is 0.454. The van der Waals surface area contributed by atoms with E-state index in [2.05, 4.69) is 16.7 Å². The number of allylic oxidation sites excluding steroid dienone is 6. The number of nitrogens with zero attached hydrogens (tertiary/aromatic N) is 2.